The number of carbonyl (C=O) groups excluding carboxylic acids is 1. The minimum Gasteiger partial charge on any atom is -0.366 e. The largest absolute Gasteiger partial charge is 0.366 e. The molecule has 3 aromatic rings. The summed E-state index contributed by atoms with van der Waals surface area (Å²) in [6.45, 7) is 0. The van der Waals surface area contributed by atoms with Gasteiger partial charge in [-0.15, -0.1) is 16.4 Å². The highest BCUT2D eigenvalue weighted by Crippen LogP contribution is 2.45. The molecule has 2 unspecified atom stereocenters. The summed E-state index contributed by atoms with van der Waals surface area (Å²) in [5.41, 5.74) is 8.52. The lowest BCUT2D eigenvalue weighted by molar-refractivity contribution is -0.116. The van der Waals surface area contributed by atoms with Crippen molar-refractivity contribution in [2.75, 3.05) is 11.1 Å². The first-order valence-corrected chi connectivity index (χ1v) is 10.3. The van der Waals surface area contributed by atoms with Crippen molar-refractivity contribution in [1.29, 1.82) is 0 Å². The number of allylic oxidation sites excluding steroid dienone is 2. The van der Waals surface area contributed by atoms with Crippen LogP contribution in [0.2, 0.25) is 0 Å². The van der Waals surface area contributed by atoms with Crippen molar-refractivity contribution in [3.05, 3.63) is 68.0 Å². The number of thiophene rings is 1. The summed E-state index contributed by atoms with van der Waals surface area (Å²) in [4.78, 5) is 18.8. The van der Waals surface area contributed by atoms with Crippen LogP contribution in [-0.2, 0) is 4.79 Å². The number of benzene rings is 1. The van der Waals surface area contributed by atoms with Crippen molar-refractivity contribution in [3.8, 4) is 0 Å². The zero-order chi connectivity index (χ0) is 18.5. The molecule has 1 aromatic carbocycles. The van der Waals surface area contributed by atoms with Crippen molar-refractivity contribution in [2.45, 2.75) is 24.8 Å². The van der Waals surface area contributed by atoms with Crippen molar-refractivity contribution >= 4 is 44.9 Å². The Hall–Kier alpha value is -2.45. The maximum atomic E-state index is 13.2. The molecule has 5 rings (SSSR count). The molecule has 0 bridgehead atoms. The molecular weight excluding hydrogens is 426 g/mol. The Morgan fingerprint density at radius 3 is 2.85 bits per heavy atom. The van der Waals surface area contributed by atoms with Crippen molar-refractivity contribution < 1.29 is 4.79 Å². The SMILES string of the molecule is Nc1nc2n(n1)C(c1ccccc1Br)C1=C(CC(c3cccs3)CC1=O)N2. The van der Waals surface area contributed by atoms with Crippen LogP contribution in [0.5, 0.6) is 0 Å². The predicted octanol–water partition coefficient (Wildman–Crippen LogP) is 4.10. The van der Waals surface area contributed by atoms with E-state index in [9.17, 15) is 4.79 Å². The van der Waals surface area contributed by atoms with E-state index in [1.807, 2.05) is 30.3 Å². The van der Waals surface area contributed by atoms with Crippen molar-refractivity contribution in [2.24, 2.45) is 0 Å². The lowest BCUT2D eigenvalue weighted by Gasteiger charge is -2.35. The molecule has 27 heavy (non-hydrogen) atoms. The number of halogens is 1. The molecule has 136 valence electrons. The maximum absolute atomic E-state index is 13.2. The van der Waals surface area contributed by atoms with Gasteiger partial charge >= 0.3 is 0 Å². The van der Waals surface area contributed by atoms with Gasteiger partial charge in [0.25, 0.3) is 0 Å². The molecule has 0 fully saturated rings. The zero-order valence-electron chi connectivity index (χ0n) is 14.2. The van der Waals surface area contributed by atoms with E-state index in [0.29, 0.717) is 12.4 Å². The topological polar surface area (TPSA) is 85.8 Å². The molecule has 0 spiro atoms. The third-order valence-corrected chi connectivity index (χ3v) is 6.84. The molecule has 2 aromatic heterocycles. The third-order valence-electron chi connectivity index (χ3n) is 5.08. The molecule has 2 aliphatic rings. The number of Topliss-reactive ketones (excluding diaryl/α,β-unsaturated/α-hetero) is 1. The fourth-order valence-corrected chi connectivity index (χ4v) is 5.27. The summed E-state index contributed by atoms with van der Waals surface area (Å²) in [5.74, 6) is 1.10. The van der Waals surface area contributed by atoms with Crippen LogP contribution in [0.4, 0.5) is 11.9 Å². The number of nitrogens with zero attached hydrogens (tertiary/aromatic N) is 3. The molecule has 0 saturated carbocycles. The van der Waals surface area contributed by atoms with E-state index in [-0.39, 0.29) is 23.7 Å². The highest BCUT2D eigenvalue weighted by Gasteiger charge is 2.40. The van der Waals surface area contributed by atoms with Gasteiger partial charge in [0.15, 0.2) is 5.78 Å². The minimum absolute atomic E-state index is 0.141. The summed E-state index contributed by atoms with van der Waals surface area (Å²) < 4.78 is 2.65. The first kappa shape index (κ1) is 16.7. The monoisotopic (exact) mass is 441 g/mol. The Balaban J connectivity index is 1.66. The van der Waals surface area contributed by atoms with Gasteiger partial charge in [0.1, 0.15) is 6.04 Å². The fraction of sp³-hybridized carbons (Fsp3) is 0.211. The van der Waals surface area contributed by atoms with Crippen LogP contribution in [0.15, 0.2) is 57.5 Å². The summed E-state index contributed by atoms with van der Waals surface area (Å²) >= 11 is 5.32. The minimum atomic E-state index is -0.339. The van der Waals surface area contributed by atoms with Crippen LogP contribution in [0.1, 0.15) is 35.2 Å². The molecule has 0 saturated heterocycles. The Kier molecular flexibility index (Phi) is 3.91. The number of nitrogens with one attached hydrogen (secondary N) is 1. The molecular formula is C19H16BrN5OS. The van der Waals surface area contributed by atoms with Crippen LogP contribution in [0.3, 0.4) is 0 Å². The number of carbonyl (C=O) groups is 1. The van der Waals surface area contributed by atoms with E-state index >= 15 is 0 Å². The number of nitrogens with two attached hydrogens (primary N) is 1. The zero-order valence-corrected chi connectivity index (χ0v) is 16.6. The van der Waals surface area contributed by atoms with E-state index in [1.165, 1.54) is 4.88 Å². The second-order valence-electron chi connectivity index (χ2n) is 6.72. The maximum Gasteiger partial charge on any atom is 0.241 e. The predicted molar refractivity (Wildman–Crippen MR) is 109 cm³/mol. The van der Waals surface area contributed by atoms with Gasteiger partial charge in [0.2, 0.25) is 11.9 Å². The van der Waals surface area contributed by atoms with Crippen LogP contribution in [-0.4, -0.2) is 20.5 Å². The number of aromatic nitrogens is 3. The average molecular weight is 442 g/mol. The molecule has 0 radical (unpaired) electrons. The Morgan fingerprint density at radius 2 is 2.07 bits per heavy atom. The molecule has 1 aliphatic heterocycles. The number of anilines is 2. The number of nitrogen functional groups attached to an aromatic ring is 1. The summed E-state index contributed by atoms with van der Waals surface area (Å²) in [5, 5.41) is 9.73. The first-order chi connectivity index (χ1) is 13.1. The smallest absolute Gasteiger partial charge is 0.241 e. The summed E-state index contributed by atoms with van der Waals surface area (Å²) in [7, 11) is 0. The molecule has 0 amide bonds. The Labute approximate surface area is 168 Å². The second-order valence-corrected chi connectivity index (χ2v) is 8.56. The van der Waals surface area contributed by atoms with Crippen molar-refractivity contribution in [1.82, 2.24) is 14.8 Å². The third kappa shape index (κ3) is 2.71. The van der Waals surface area contributed by atoms with Gasteiger partial charge in [-0.05, 0) is 29.5 Å². The molecule has 6 nitrogen and oxygen atoms in total. The highest BCUT2D eigenvalue weighted by molar-refractivity contribution is 9.10. The van der Waals surface area contributed by atoms with Gasteiger partial charge < -0.3 is 11.1 Å². The average Bonchev–Trinajstić information content (AvgIpc) is 3.29. The molecule has 1 aliphatic carbocycles. The summed E-state index contributed by atoms with van der Waals surface area (Å²) in [6, 6.07) is 11.7. The molecule has 8 heteroatoms. The van der Waals surface area contributed by atoms with E-state index < -0.39 is 0 Å². The van der Waals surface area contributed by atoms with Gasteiger partial charge in [-0.1, -0.05) is 40.2 Å². The molecule has 3 N–H and O–H groups in total. The standard InChI is InChI=1S/C19H16BrN5OS/c20-12-5-2-1-4-11(12)17-16-13(22-19-23-18(21)24-25(17)19)8-10(9-14(16)26)15-6-3-7-27-15/h1-7,10,17H,8-9H2,(H3,21,22,23,24). The number of hydrogen-bond donors (Lipinski definition) is 2. The van der Waals surface area contributed by atoms with Crippen LogP contribution < -0.4 is 11.1 Å². The van der Waals surface area contributed by atoms with Gasteiger partial charge in [-0.3, -0.25) is 4.79 Å². The van der Waals surface area contributed by atoms with E-state index in [2.05, 4.69) is 42.8 Å². The number of ketones is 1. The first-order valence-electron chi connectivity index (χ1n) is 8.65. The number of rotatable bonds is 2. The quantitative estimate of drug-likeness (QED) is 0.624. The Bertz CT molecular complexity index is 1070. The normalized spacial score (nSPS) is 21.6. The van der Waals surface area contributed by atoms with Gasteiger partial charge in [-0.2, -0.15) is 4.98 Å². The highest BCUT2D eigenvalue weighted by atomic mass is 79.9. The van der Waals surface area contributed by atoms with E-state index in [4.69, 9.17) is 5.73 Å². The number of hydrogen-bond acceptors (Lipinski definition) is 6. The fourth-order valence-electron chi connectivity index (χ4n) is 3.94. The van der Waals surface area contributed by atoms with Crippen molar-refractivity contribution in [3.63, 3.8) is 0 Å². The lowest BCUT2D eigenvalue weighted by atomic mass is 9.80. The van der Waals surface area contributed by atoms with Crippen LogP contribution >= 0.6 is 27.3 Å². The van der Waals surface area contributed by atoms with E-state index in [1.54, 1.807) is 16.0 Å². The van der Waals surface area contributed by atoms with Gasteiger partial charge in [0.05, 0.1) is 0 Å². The number of fused-ring (bicyclic) bond motifs is 1. The lowest BCUT2D eigenvalue weighted by Crippen LogP contribution is -2.33. The Morgan fingerprint density at radius 1 is 1.22 bits per heavy atom. The summed E-state index contributed by atoms with van der Waals surface area (Å²) in [6.07, 6.45) is 1.27. The van der Waals surface area contributed by atoms with E-state index in [0.717, 1.165) is 27.7 Å². The van der Waals surface area contributed by atoms with Crippen LogP contribution in [0, 0.1) is 0 Å². The molecule has 2 atom stereocenters. The second kappa shape index (κ2) is 6.31. The molecule has 3 heterocycles. The van der Waals surface area contributed by atoms with Gasteiger partial charge in [-0.25, -0.2) is 4.68 Å². The van der Waals surface area contributed by atoms with Crippen LogP contribution in [0.25, 0.3) is 0 Å². The van der Waals surface area contributed by atoms with Gasteiger partial charge in [0, 0.05) is 33.0 Å².